The smallest absolute Gasteiger partial charge is 0.164 e. The van der Waals surface area contributed by atoms with Crippen LogP contribution in [0.25, 0.3) is 83.7 Å². The van der Waals surface area contributed by atoms with Crippen LogP contribution in [-0.4, -0.2) is 21.2 Å². The molecule has 1 aromatic heterocycles. The van der Waals surface area contributed by atoms with Gasteiger partial charge in [-0.15, -0.1) is 0 Å². The number of hydrogen-bond donors (Lipinski definition) is 0. The second-order valence-corrected chi connectivity index (χ2v) is 12.2. The monoisotopic (exact) mass is 672 g/mol. The van der Waals surface area contributed by atoms with E-state index in [9.17, 15) is 0 Å². The van der Waals surface area contributed by atoms with Crippen LogP contribution in [0, 0.1) is 0 Å². The van der Waals surface area contributed by atoms with Crippen LogP contribution >= 0.6 is 0 Å². The standard InChI is InChI=1S/C46H34N4.C2H6/c1-3-43(47-4-2)32-25-23-31(24-26-32)36-27-37(42-30-35-19-11-12-20-39(35)40-21-13-14-22-41(40)42)29-38(28-36)46-49-44(33-15-7-5-8-16-33)48-45(50-46)34-17-9-6-10-18-34;1-2/h3-30H,1-2H3;1-2H3/b43-3-,47-4?;. The Kier molecular flexibility index (Phi) is 10.2. The van der Waals surface area contributed by atoms with Gasteiger partial charge in [-0.25, -0.2) is 15.0 Å². The van der Waals surface area contributed by atoms with Crippen molar-refractivity contribution in [1.29, 1.82) is 0 Å². The summed E-state index contributed by atoms with van der Waals surface area (Å²) in [6.07, 6.45) is 3.86. The zero-order valence-electron chi connectivity index (χ0n) is 30.0. The quantitative estimate of drug-likeness (QED) is 0.125. The molecule has 0 spiro atoms. The Hall–Kier alpha value is -6.52. The number of allylic oxidation sites excluding steroid dienone is 1. The molecule has 252 valence electrons. The number of hydrogen-bond acceptors (Lipinski definition) is 4. The summed E-state index contributed by atoms with van der Waals surface area (Å²) in [5.41, 5.74) is 9.24. The van der Waals surface area contributed by atoms with Gasteiger partial charge in [-0.2, -0.15) is 0 Å². The lowest BCUT2D eigenvalue weighted by Gasteiger charge is -2.15. The van der Waals surface area contributed by atoms with E-state index in [0.29, 0.717) is 17.5 Å². The Morgan fingerprint density at radius 1 is 0.442 bits per heavy atom. The summed E-state index contributed by atoms with van der Waals surface area (Å²) in [4.78, 5) is 19.7. The van der Waals surface area contributed by atoms with Gasteiger partial charge >= 0.3 is 0 Å². The van der Waals surface area contributed by atoms with Gasteiger partial charge in [0.25, 0.3) is 0 Å². The highest BCUT2D eigenvalue weighted by Gasteiger charge is 2.16. The van der Waals surface area contributed by atoms with Gasteiger partial charge in [0.2, 0.25) is 0 Å². The molecule has 7 aromatic carbocycles. The molecular weight excluding hydrogens is 633 g/mol. The summed E-state index contributed by atoms with van der Waals surface area (Å²) in [6, 6.07) is 55.1. The van der Waals surface area contributed by atoms with Crippen molar-refractivity contribution in [3.05, 3.63) is 169 Å². The highest BCUT2D eigenvalue weighted by Crippen LogP contribution is 2.39. The largest absolute Gasteiger partial charge is 0.261 e. The minimum absolute atomic E-state index is 0.621. The van der Waals surface area contributed by atoms with E-state index in [-0.39, 0.29) is 0 Å². The molecule has 0 saturated heterocycles. The van der Waals surface area contributed by atoms with E-state index < -0.39 is 0 Å². The molecule has 0 unspecified atom stereocenters. The molecule has 0 bridgehead atoms. The lowest BCUT2D eigenvalue weighted by molar-refractivity contribution is 1.07. The van der Waals surface area contributed by atoms with Gasteiger partial charge in [0.15, 0.2) is 17.5 Å². The average Bonchev–Trinajstić information content (AvgIpc) is 3.23. The van der Waals surface area contributed by atoms with Crippen LogP contribution in [0.1, 0.15) is 33.3 Å². The molecule has 0 aliphatic carbocycles. The Balaban J connectivity index is 0.00000207. The third-order valence-corrected chi connectivity index (χ3v) is 9.03. The van der Waals surface area contributed by atoms with E-state index in [1.807, 2.05) is 101 Å². The Morgan fingerprint density at radius 2 is 0.942 bits per heavy atom. The van der Waals surface area contributed by atoms with Gasteiger partial charge in [0, 0.05) is 22.9 Å². The first-order valence-corrected chi connectivity index (χ1v) is 17.9. The van der Waals surface area contributed by atoms with Gasteiger partial charge < -0.3 is 0 Å². The molecule has 0 aliphatic rings. The molecule has 0 N–H and O–H groups in total. The predicted molar refractivity (Wildman–Crippen MR) is 221 cm³/mol. The zero-order chi connectivity index (χ0) is 35.9. The van der Waals surface area contributed by atoms with E-state index in [1.165, 1.54) is 21.5 Å². The van der Waals surface area contributed by atoms with Crippen LogP contribution in [0.5, 0.6) is 0 Å². The summed E-state index contributed by atoms with van der Waals surface area (Å²) in [5.74, 6) is 1.89. The van der Waals surface area contributed by atoms with Crippen molar-refractivity contribution >= 4 is 33.5 Å². The number of benzene rings is 7. The summed E-state index contributed by atoms with van der Waals surface area (Å²) < 4.78 is 0. The SMILES string of the molecule is CC.CC=N/C(=C\C)c1ccc(-c2cc(-c3nc(-c4ccccc4)nc(-c4ccccc4)n3)cc(-c3cc4ccccc4c4ccccc34)c2)cc1. The lowest BCUT2D eigenvalue weighted by Crippen LogP contribution is -2.00. The molecule has 0 radical (unpaired) electrons. The molecule has 8 rings (SSSR count). The van der Waals surface area contributed by atoms with E-state index in [4.69, 9.17) is 15.0 Å². The van der Waals surface area contributed by atoms with Crippen LogP contribution < -0.4 is 0 Å². The second kappa shape index (κ2) is 15.6. The maximum atomic E-state index is 5.10. The minimum Gasteiger partial charge on any atom is -0.261 e. The summed E-state index contributed by atoms with van der Waals surface area (Å²) in [7, 11) is 0. The van der Waals surface area contributed by atoms with Gasteiger partial charge in [-0.1, -0.05) is 153 Å². The topological polar surface area (TPSA) is 51.0 Å². The van der Waals surface area contributed by atoms with Crippen molar-refractivity contribution in [3.8, 4) is 56.4 Å². The van der Waals surface area contributed by atoms with Crippen LogP contribution in [0.2, 0.25) is 0 Å². The first kappa shape index (κ1) is 34.0. The fourth-order valence-corrected chi connectivity index (χ4v) is 6.60. The van der Waals surface area contributed by atoms with Crippen molar-refractivity contribution < 1.29 is 0 Å². The predicted octanol–water partition coefficient (Wildman–Crippen LogP) is 13.0. The highest BCUT2D eigenvalue weighted by atomic mass is 15.0. The summed E-state index contributed by atoms with van der Waals surface area (Å²) in [5, 5.41) is 4.87. The van der Waals surface area contributed by atoms with Crippen molar-refractivity contribution in [2.75, 3.05) is 0 Å². The molecular formula is C48H40N4. The molecule has 52 heavy (non-hydrogen) atoms. The maximum absolute atomic E-state index is 5.10. The number of aromatic nitrogens is 3. The molecule has 0 aliphatic heterocycles. The van der Waals surface area contributed by atoms with Crippen molar-refractivity contribution in [2.24, 2.45) is 4.99 Å². The van der Waals surface area contributed by atoms with Crippen molar-refractivity contribution in [3.63, 3.8) is 0 Å². The molecule has 4 heteroatoms. The molecule has 1 heterocycles. The van der Waals surface area contributed by atoms with Gasteiger partial charge in [-0.05, 0) is 87.5 Å². The van der Waals surface area contributed by atoms with E-state index in [2.05, 4.69) is 102 Å². The van der Waals surface area contributed by atoms with E-state index in [1.54, 1.807) is 0 Å². The first-order chi connectivity index (χ1) is 25.7. The minimum atomic E-state index is 0.621. The number of nitrogens with zero attached hydrogens (tertiary/aromatic N) is 4. The van der Waals surface area contributed by atoms with Crippen molar-refractivity contribution in [1.82, 2.24) is 15.0 Å². The molecule has 8 aromatic rings. The molecule has 0 amide bonds. The van der Waals surface area contributed by atoms with Crippen LogP contribution in [-0.2, 0) is 0 Å². The first-order valence-electron chi connectivity index (χ1n) is 17.9. The molecule has 0 atom stereocenters. The van der Waals surface area contributed by atoms with Gasteiger partial charge in [-0.3, -0.25) is 4.99 Å². The Labute approximate surface area is 306 Å². The lowest BCUT2D eigenvalue weighted by atomic mass is 9.90. The second-order valence-electron chi connectivity index (χ2n) is 12.2. The van der Waals surface area contributed by atoms with E-state index >= 15 is 0 Å². The molecule has 0 fully saturated rings. The molecule has 4 nitrogen and oxygen atoms in total. The highest BCUT2D eigenvalue weighted by molar-refractivity contribution is 6.14. The van der Waals surface area contributed by atoms with Crippen molar-refractivity contribution in [2.45, 2.75) is 27.7 Å². The van der Waals surface area contributed by atoms with Gasteiger partial charge in [0.05, 0.1) is 5.70 Å². The normalized spacial score (nSPS) is 11.5. The zero-order valence-corrected chi connectivity index (χ0v) is 30.0. The summed E-state index contributed by atoms with van der Waals surface area (Å²) in [6.45, 7) is 7.96. The number of fused-ring (bicyclic) bond motifs is 3. The number of rotatable bonds is 7. The fourth-order valence-electron chi connectivity index (χ4n) is 6.60. The third-order valence-electron chi connectivity index (χ3n) is 9.03. The Morgan fingerprint density at radius 3 is 1.54 bits per heavy atom. The molecule has 0 saturated carbocycles. The van der Waals surface area contributed by atoms with Gasteiger partial charge in [0.1, 0.15) is 0 Å². The fraction of sp³-hybridized carbons (Fsp3) is 0.0833. The maximum Gasteiger partial charge on any atom is 0.164 e. The average molecular weight is 673 g/mol. The Bertz CT molecular complexity index is 2480. The van der Waals surface area contributed by atoms with Crippen LogP contribution in [0.3, 0.4) is 0 Å². The summed E-state index contributed by atoms with van der Waals surface area (Å²) >= 11 is 0. The van der Waals surface area contributed by atoms with Crippen LogP contribution in [0.4, 0.5) is 0 Å². The van der Waals surface area contributed by atoms with Crippen LogP contribution in [0.15, 0.2) is 169 Å². The van der Waals surface area contributed by atoms with E-state index in [0.717, 1.165) is 50.2 Å². The third kappa shape index (κ3) is 6.92. The number of aliphatic imine (C=N–C) groups is 1.